The van der Waals surface area contributed by atoms with Gasteiger partial charge in [0.1, 0.15) is 18.3 Å². The molecule has 3 N–H and O–H groups in total. The largest absolute Gasteiger partial charge is 0.465 e. The summed E-state index contributed by atoms with van der Waals surface area (Å²) in [6.45, 7) is 0.370. The average Bonchev–Trinajstić information content (AvgIpc) is 3.20. The third kappa shape index (κ3) is 13.5. The van der Waals surface area contributed by atoms with Gasteiger partial charge in [0.05, 0.1) is 19.6 Å². The molecule has 54 heavy (non-hydrogen) atoms. The van der Waals surface area contributed by atoms with E-state index in [1.807, 2.05) is 91.0 Å². The highest BCUT2D eigenvalue weighted by molar-refractivity contribution is 7.81. The monoisotopic (exact) mass is 846 g/mol. The second-order valence-corrected chi connectivity index (χ2v) is 14.0. The molecule has 0 saturated carbocycles. The topological polar surface area (TPSA) is 130 Å². The highest BCUT2D eigenvalue weighted by atomic mass is 32.1. The van der Waals surface area contributed by atoms with Crippen LogP contribution in [0, 0.1) is 0 Å². The first-order valence-corrected chi connectivity index (χ1v) is 20.0. The number of thiocarbonyl (C=S) groups is 3. The van der Waals surface area contributed by atoms with Crippen molar-refractivity contribution >= 4 is 90.1 Å². The maximum absolute atomic E-state index is 14.0. The number of rotatable bonds is 18. The van der Waals surface area contributed by atoms with E-state index >= 15 is 0 Å². The quantitative estimate of drug-likeness (QED) is 0.0650. The van der Waals surface area contributed by atoms with E-state index in [4.69, 9.17) is 50.9 Å². The normalized spacial score (nSPS) is 12.5. The van der Waals surface area contributed by atoms with Gasteiger partial charge in [-0.3, -0.25) is 0 Å². The van der Waals surface area contributed by atoms with Crippen LogP contribution in [-0.4, -0.2) is 64.8 Å². The lowest BCUT2D eigenvalue weighted by Gasteiger charge is -2.23. The van der Waals surface area contributed by atoms with Gasteiger partial charge < -0.3 is 30.2 Å². The zero-order chi connectivity index (χ0) is 38.9. The Kier molecular flexibility index (Phi) is 17.9. The number of benzene rings is 3. The molecule has 0 saturated heterocycles. The number of hydrogen-bond acceptors (Lipinski definition) is 12. The van der Waals surface area contributed by atoms with Crippen molar-refractivity contribution in [3.8, 4) is 0 Å². The molecular weight excluding hydrogens is 805 g/mol. The van der Waals surface area contributed by atoms with Gasteiger partial charge in [-0.15, -0.1) is 0 Å². The second kappa shape index (κ2) is 22.5. The minimum atomic E-state index is -0.887. The molecule has 0 bridgehead atoms. The Balaban J connectivity index is 1.57. The Morgan fingerprint density at radius 2 is 0.722 bits per heavy atom. The fourth-order valence-corrected chi connectivity index (χ4v) is 6.24. The predicted octanol–water partition coefficient (Wildman–Crippen LogP) is 3.34. The van der Waals surface area contributed by atoms with Crippen LogP contribution in [-0.2, 0) is 53.5 Å². The molecule has 0 fully saturated rings. The number of thiol groups is 3. The molecule has 3 unspecified atom stereocenters. The molecule has 3 aromatic carbocycles. The lowest BCUT2D eigenvalue weighted by atomic mass is 10.2. The van der Waals surface area contributed by atoms with E-state index in [2.05, 4.69) is 53.8 Å². The van der Waals surface area contributed by atoms with E-state index in [0.717, 1.165) is 30.4 Å². The van der Waals surface area contributed by atoms with Crippen LogP contribution in [0.5, 0.6) is 0 Å². The highest BCUT2D eigenvalue weighted by Gasteiger charge is 2.25. The van der Waals surface area contributed by atoms with Crippen LogP contribution >= 0.6 is 74.5 Å². The van der Waals surface area contributed by atoms with Crippen LogP contribution in [0.15, 0.2) is 105 Å². The van der Waals surface area contributed by atoms with Crippen molar-refractivity contribution in [2.45, 2.75) is 57.6 Å². The summed E-state index contributed by atoms with van der Waals surface area (Å²) in [6, 6.07) is 28.7. The standard InChI is InChI=1S/C36H42N6O6S6/c43-34-40(19-28(22-49)46-31(52)37-16-25-10-4-1-5-11-25)35(44)42(21-30(24-51)48-33(54)39-18-27-14-8-3-9-15-27)36(45)41(34)20-29(23-50)47-32(53)38-17-26-12-6-2-7-13-26/h1-15,28-30,49-51H,16-24H2,(H,37,52)(H,38,53)(H,39,54). The van der Waals surface area contributed by atoms with Crippen LogP contribution in [0.25, 0.3) is 0 Å². The molecule has 288 valence electrons. The van der Waals surface area contributed by atoms with Gasteiger partial charge in [-0.25, -0.2) is 28.1 Å². The fraction of sp³-hybridized carbons (Fsp3) is 0.333. The van der Waals surface area contributed by atoms with Gasteiger partial charge in [-0.05, 0) is 53.3 Å². The Labute approximate surface area is 345 Å². The molecule has 0 radical (unpaired) electrons. The van der Waals surface area contributed by atoms with E-state index in [9.17, 15) is 14.4 Å². The van der Waals surface area contributed by atoms with Crippen molar-refractivity contribution in [2.24, 2.45) is 0 Å². The van der Waals surface area contributed by atoms with Crippen molar-refractivity contribution in [3.63, 3.8) is 0 Å². The van der Waals surface area contributed by atoms with Gasteiger partial charge in [-0.1, -0.05) is 91.0 Å². The van der Waals surface area contributed by atoms with Crippen molar-refractivity contribution in [1.82, 2.24) is 29.7 Å². The maximum Gasteiger partial charge on any atom is 0.336 e. The molecule has 4 aromatic rings. The summed E-state index contributed by atoms with van der Waals surface area (Å²) in [6.07, 6.45) is -2.48. The highest BCUT2D eigenvalue weighted by Crippen LogP contribution is 2.06. The molecule has 1 heterocycles. The number of aromatic nitrogens is 3. The SMILES string of the molecule is O=c1n(CC(CS)OC(=S)NCc2ccccc2)c(=O)n(CC(CS)OC(=S)NCc2ccccc2)c(=O)n1CC(CS)OC(=S)NCc1ccccc1. The average molecular weight is 847 g/mol. The number of hydrogen-bond donors (Lipinski definition) is 6. The molecule has 0 aliphatic heterocycles. The summed E-state index contributed by atoms with van der Waals surface area (Å²) < 4.78 is 20.4. The number of nitrogens with one attached hydrogen (secondary N) is 3. The summed E-state index contributed by atoms with van der Waals surface area (Å²) >= 11 is 29.4. The van der Waals surface area contributed by atoms with Gasteiger partial charge in [0.2, 0.25) is 0 Å². The lowest BCUT2D eigenvalue weighted by Crippen LogP contribution is -2.58. The van der Waals surface area contributed by atoms with Gasteiger partial charge >= 0.3 is 17.1 Å². The molecule has 18 heteroatoms. The van der Waals surface area contributed by atoms with Crippen molar-refractivity contribution in [2.75, 3.05) is 17.3 Å². The zero-order valence-corrected chi connectivity index (χ0v) is 34.2. The maximum atomic E-state index is 14.0. The Morgan fingerprint density at radius 1 is 0.481 bits per heavy atom. The number of nitrogens with zero attached hydrogens (tertiary/aromatic N) is 3. The third-order valence-corrected chi connectivity index (χ3v) is 9.76. The third-order valence-electron chi connectivity index (χ3n) is 7.82. The second-order valence-electron chi connectivity index (χ2n) is 11.8. The van der Waals surface area contributed by atoms with E-state index in [1.165, 1.54) is 0 Å². The van der Waals surface area contributed by atoms with Gasteiger partial charge in [-0.2, -0.15) is 37.9 Å². The minimum Gasteiger partial charge on any atom is -0.465 e. The molecule has 12 nitrogen and oxygen atoms in total. The summed E-state index contributed by atoms with van der Waals surface area (Å²) in [5.41, 5.74) is 0.264. The molecule has 0 amide bonds. The summed E-state index contributed by atoms with van der Waals surface area (Å²) in [5.74, 6) is 0.267. The first-order chi connectivity index (χ1) is 26.1. The molecule has 4 rings (SSSR count). The Bertz CT molecular complexity index is 1740. The van der Waals surface area contributed by atoms with Gasteiger partial charge in [0, 0.05) is 36.9 Å². The molecule has 0 aliphatic rings. The molecular formula is C36H42N6O6S6. The summed E-state index contributed by atoms with van der Waals surface area (Å²) in [5, 5.41) is 9.22. The Hall–Kier alpha value is -3.81. The van der Waals surface area contributed by atoms with E-state index in [1.54, 1.807) is 0 Å². The molecule has 0 spiro atoms. The van der Waals surface area contributed by atoms with Crippen LogP contribution in [0.3, 0.4) is 0 Å². The van der Waals surface area contributed by atoms with Crippen molar-refractivity contribution in [3.05, 3.63) is 139 Å². The van der Waals surface area contributed by atoms with Crippen molar-refractivity contribution in [1.29, 1.82) is 0 Å². The van der Waals surface area contributed by atoms with Gasteiger partial charge in [0.25, 0.3) is 15.5 Å². The van der Waals surface area contributed by atoms with Crippen LogP contribution in [0.1, 0.15) is 16.7 Å². The lowest BCUT2D eigenvalue weighted by molar-refractivity contribution is 0.159. The minimum absolute atomic E-state index is 0.0553. The van der Waals surface area contributed by atoms with Crippen molar-refractivity contribution < 1.29 is 14.2 Å². The van der Waals surface area contributed by atoms with E-state index in [0.29, 0.717) is 19.6 Å². The number of ether oxygens (including phenoxy) is 3. The zero-order valence-electron chi connectivity index (χ0n) is 29.1. The first kappa shape index (κ1) is 42.9. The summed E-state index contributed by atoms with van der Waals surface area (Å²) in [7, 11) is 0. The molecule has 3 atom stereocenters. The predicted molar refractivity (Wildman–Crippen MR) is 233 cm³/mol. The van der Waals surface area contributed by atoms with Crippen LogP contribution in [0.2, 0.25) is 0 Å². The summed E-state index contributed by atoms with van der Waals surface area (Å²) in [4.78, 5) is 42.0. The molecule has 0 aliphatic carbocycles. The first-order valence-electron chi connectivity index (χ1n) is 16.8. The van der Waals surface area contributed by atoms with Gasteiger partial charge in [0.15, 0.2) is 0 Å². The van der Waals surface area contributed by atoms with Crippen LogP contribution < -0.4 is 33.0 Å². The van der Waals surface area contributed by atoms with E-state index < -0.39 is 35.4 Å². The van der Waals surface area contributed by atoms with E-state index in [-0.39, 0.29) is 52.4 Å². The van der Waals surface area contributed by atoms with Crippen LogP contribution in [0.4, 0.5) is 0 Å². The molecule has 1 aromatic heterocycles. The smallest absolute Gasteiger partial charge is 0.336 e. The Morgan fingerprint density at radius 3 is 0.944 bits per heavy atom. The fourth-order valence-electron chi connectivity index (χ4n) is 5.05.